The van der Waals surface area contributed by atoms with Crippen molar-refractivity contribution < 1.29 is 13.2 Å². The predicted octanol–water partition coefficient (Wildman–Crippen LogP) is 1.68. The van der Waals surface area contributed by atoms with Gasteiger partial charge in [-0.1, -0.05) is 6.42 Å². The van der Waals surface area contributed by atoms with Crippen LogP contribution in [0.15, 0.2) is 6.07 Å². The molecule has 0 bridgehead atoms. The number of aromatic nitrogens is 2. The molecule has 0 aromatic carbocycles. The van der Waals surface area contributed by atoms with Crippen LogP contribution in [0.5, 0.6) is 0 Å². The first-order valence-electron chi connectivity index (χ1n) is 6.88. The Bertz CT molecular complexity index is 459. The van der Waals surface area contributed by atoms with Gasteiger partial charge in [0.15, 0.2) is 5.69 Å². The van der Waals surface area contributed by atoms with Gasteiger partial charge in [-0.2, -0.15) is 18.2 Å². The number of hydrogen-bond donors (Lipinski definition) is 3. The molecule has 0 aliphatic carbocycles. The van der Waals surface area contributed by atoms with Gasteiger partial charge in [-0.3, -0.25) is 5.43 Å². The molecule has 0 radical (unpaired) electrons. The van der Waals surface area contributed by atoms with Crippen molar-refractivity contribution in [3.05, 3.63) is 11.8 Å². The number of hydrazine groups is 1. The van der Waals surface area contributed by atoms with Gasteiger partial charge in [0, 0.05) is 19.2 Å². The van der Waals surface area contributed by atoms with Crippen molar-refractivity contribution in [1.29, 1.82) is 0 Å². The lowest BCUT2D eigenvalue weighted by atomic mass is 10.1. The van der Waals surface area contributed by atoms with E-state index in [0.29, 0.717) is 6.54 Å². The van der Waals surface area contributed by atoms with E-state index in [1.54, 1.807) is 0 Å². The second kappa shape index (κ2) is 6.90. The Morgan fingerprint density at radius 1 is 1.19 bits per heavy atom. The maximum Gasteiger partial charge on any atom is 0.433 e. The lowest BCUT2D eigenvalue weighted by molar-refractivity contribution is -0.141. The van der Waals surface area contributed by atoms with Gasteiger partial charge in [0.05, 0.1) is 0 Å². The number of alkyl halides is 3. The minimum Gasteiger partial charge on any atom is -0.369 e. The van der Waals surface area contributed by atoms with Crippen LogP contribution in [0, 0.1) is 0 Å². The number of nitrogens with one attached hydrogen (secondary N) is 2. The zero-order valence-electron chi connectivity index (χ0n) is 11.6. The van der Waals surface area contributed by atoms with Gasteiger partial charge in [0.25, 0.3) is 0 Å². The molecule has 1 aromatic rings. The molecule has 9 heteroatoms. The molecule has 0 saturated carbocycles. The van der Waals surface area contributed by atoms with Gasteiger partial charge in [-0.15, -0.1) is 0 Å². The first-order valence-corrected chi connectivity index (χ1v) is 6.88. The van der Waals surface area contributed by atoms with E-state index in [2.05, 4.69) is 20.2 Å². The fourth-order valence-corrected chi connectivity index (χ4v) is 2.27. The van der Waals surface area contributed by atoms with Gasteiger partial charge >= 0.3 is 6.18 Å². The highest BCUT2D eigenvalue weighted by atomic mass is 19.4. The number of piperidine rings is 1. The first-order chi connectivity index (χ1) is 9.99. The van der Waals surface area contributed by atoms with Crippen LogP contribution in [0.3, 0.4) is 0 Å². The van der Waals surface area contributed by atoms with E-state index in [9.17, 15) is 13.2 Å². The summed E-state index contributed by atoms with van der Waals surface area (Å²) in [4.78, 5) is 9.45. The Kier molecular flexibility index (Phi) is 5.18. The topological polar surface area (TPSA) is 79.1 Å². The fraction of sp³-hybridized carbons (Fsp3) is 0.667. The molecule has 118 valence electrons. The van der Waals surface area contributed by atoms with Crippen LogP contribution in [0.25, 0.3) is 0 Å². The molecular weight excluding hydrogens is 285 g/mol. The van der Waals surface area contributed by atoms with Crippen molar-refractivity contribution in [2.75, 3.05) is 36.9 Å². The Labute approximate surface area is 120 Å². The van der Waals surface area contributed by atoms with Gasteiger partial charge in [0.2, 0.25) is 5.95 Å². The third-order valence-corrected chi connectivity index (χ3v) is 3.33. The zero-order chi connectivity index (χ0) is 15.3. The van der Waals surface area contributed by atoms with Crippen LogP contribution in [-0.4, -0.2) is 41.0 Å². The lowest BCUT2D eigenvalue weighted by Crippen LogP contribution is -2.33. The monoisotopic (exact) mass is 304 g/mol. The summed E-state index contributed by atoms with van der Waals surface area (Å²) in [6.07, 6.45) is -0.936. The summed E-state index contributed by atoms with van der Waals surface area (Å²) in [6, 6.07) is 0.886. The number of likely N-dealkylation sites (tertiary alicyclic amines) is 1. The van der Waals surface area contributed by atoms with E-state index in [1.165, 1.54) is 19.3 Å². The minimum absolute atomic E-state index is 0.113. The zero-order valence-corrected chi connectivity index (χ0v) is 11.6. The van der Waals surface area contributed by atoms with Crippen molar-refractivity contribution in [1.82, 2.24) is 14.9 Å². The molecule has 0 spiro atoms. The molecule has 6 nitrogen and oxygen atoms in total. The molecule has 1 aliphatic heterocycles. The van der Waals surface area contributed by atoms with Crippen molar-refractivity contribution in [3.63, 3.8) is 0 Å². The molecule has 2 rings (SSSR count). The highest BCUT2D eigenvalue weighted by molar-refractivity contribution is 5.42. The van der Waals surface area contributed by atoms with Crippen LogP contribution in [0.1, 0.15) is 25.0 Å². The predicted molar refractivity (Wildman–Crippen MR) is 73.6 cm³/mol. The second-order valence-corrected chi connectivity index (χ2v) is 4.93. The number of nitrogens with zero attached hydrogens (tertiary/aromatic N) is 3. The van der Waals surface area contributed by atoms with E-state index in [-0.39, 0.29) is 11.8 Å². The average molecular weight is 304 g/mol. The third kappa shape index (κ3) is 4.71. The molecular formula is C12H19F3N6. The normalized spacial score (nSPS) is 16.8. The van der Waals surface area contributed by atoms with Crippen molar-refractivity contribution in [2.24, 2.45) is 5.84 Å². The van der Waals surface area contributed by atoms with Crippen LogP contribution in [-0.2, 0) is 6.18 Å². The van der Waals surface area contributed by atoms with Gasteiger partial charge in [-0.05, 0) is 25.9 Å². The Balaban J connectivity index is 1.95. The molecule has 2 heterocycles. The second-order valence-electron chi connectivity index (χ2n) is 4.93. The van der Waals surface area contributed by atoms with Gasteiger partial charge in [-0.25, -0.2) is 10.8 Å². The summed E-state index contributed by atoms with van der Waals surface area (Å²) >= 11 is 0. The van der Waals surface area contributed by atoms with Crippen molar-refractivity contribution in [3.8, 4) is 0 Å². The quantitative estimate of drug-likeness (QED) is 0.567. The van der Waals surface area contributed by atoms with E-state index in [1.807, 2.05) is 5.43 Å². The minimum atomic E-state index is -4.53. The number of rotatable bonds is 5. The smallest absolute Gasteiger partial charge is 0.369 e. The highest BCUT2D eigenvalue weighted by Gasteiger charge is 2.33. The number of nitrogens with two attached hydrogens (primary N) is 1. The molecule has 1 saturated heterocycles. The van der Waals surface area contributed by atoms with E-state index in [4.69, 9.17) is 5.84 Å². The summed E-state index contributed by atoms with van der Waals surface area (Å²) in [5, 5.41) is 2.89. The van der Waals surface area contributed by atoms with Gasteiger partial charge < -0.3 is 10.2 Å². The third-order valence-electron chi connectivity index (χ3n) is 3.33. The van der Waals surface area contributed by atoms with Crippen LogP contribution < -0.4 is 16.6 Å². The number of halogens is 3. The summed E-state index contributed by atoms with van der Waals surface area (Å²) in [7, 11) is 0. The molecule has 0 unspecified atom stereocenters. The van der Waals surface area contributed by atoms with Gasteiger partial charge in [0.1, 0.15) is 5.82 Å². The Morgan fingerprint density at radius 3 is 2.52 bits per heavy atom. The summed E-state index contributed by atoms with van der Waals surface area (Å²) in [6.45, 7) is 3.37. The summed E-state index contributed by atoms with van der Waals surface area (Å²) in [5.41, 5.74) is 1.02. The maximum atomic E-state index is 12.7. The fourth-order valence-electron chi connectivity index (χ4n) is 2.27. The molecule has 1 aliphatic rings. The number of nitrogen functional groups attached to an aromatic ring is 1. The molecule has 0 atom stereocenters. The van der Waals surface area contributed by atoms with E-state index >= 15 is 0 Å². The molecule has 1 aromatic heterocycles. The largest absolute Gasteiger partial charge is 0.433 e. The van der Waals surface area contributed by atoms with Crippen LogP contribution in [0.2, 0.25) is 0 Å². The van der Waals surface area contributed by atoms with Crippen molar-refractivity contribution >= 4 is 11.8 Å². The summed E-state index contributed by atoms with van der Waals surface area (Å²) in [5.74, 6) is 4.95. The number of anilines is 2. The standard InChI is InChI=1S/C12H19F3N6/c13-12(14,15)9-8-10(19-11(18-9)20-16)17-4-7-21-5-2-1-3-6-21/h8H,1-7,16H2,(H2,17,18,19,20). The van der Waals surface area contributed by atoms with Crippen LogP contribution >= 0.6 is 0 Å². The van der Waals surface area contributed by atoms with E-state index < -0.39 is 11.9 Å². The van der Waals surface area contributed by atoms with Crippen LogP contribution in [0.4, 0.5) is 24.9 Å². The first kappa shape index (κ1) is 15.8. The SMILES string of the molecule is NNc1nc(NCCN2CCCCC2)cc(C(F)(F)F)n1. The van der Waals surface area contributed by atoms with E-state index in [0.717, 1.165) is 25.7 Å². The average Bonchev–Trinajstić information content (AvgIpc) is 2.47. The highest BCUT2D eigenvalue weighted by Crippen LogP contribution is 2.29. The molecule has 1 fully saturated rings. The lowest BCUT2D eigenvalue weighted by Gasteiger charge is -2.26. The van der Waals surface area contributed by atoms with Crippen molar-refractivity contribution in [2.45, 2.75) is 25.4 Å². The Morgan fingerprint density at radius 2 is 1.90 bits per heavy atom. The Hall–Kier alpha value is -1.61. The molecule has 4 N–H and O–H groups in total. The maximum absolute atomic E-state index is 12.7. The molecule has 21 heavy (non-hydrogen) atoms. The number of hydrogen-bond acceptors (Lipinski definition) is 6. The summed E-state index contributed by atoms with van der Waals surface area (Å²) < 4.78 is 38.1. The molecule has 0 amide bonds.